The van der Waals surface area contributed by atoms with Gasteiger partial charge in [-0.2, -0.15) is 0 Å². The summed E-state index contributed by atoms with van der Waals surface area (Å²) in [6, 6.07) is 0. The normalized spacial score (nSPS) is 17.4. The van der Waals surface area contributed by atoms with Crippen molar-refractivity contribution in [3.63, 3.8) is 0 Å². The van der Waals surface area contributed by atoms with E-state index >= 15 is 0 Å². The third kappa shape index (κ3) is 4.29. The van der Waals surface area contributed by atoms with E-state index in [1.54, 1.807) is 13.8 Å². The number of carbonyl (C=O) groups is 2. The van der Waals surface area contributed by atoms with Crippen molar-refractivity contribution in [1.29, 1.82) is 0 Å². The highest BCUT2D eigenvalue weighted by atomic mass is 16.6. The molecule has 1 aliphatic carbocycles. The second-order valence-corrected chi connectivity index (χ2v) is 4.92. The third-order valence-electron chi connectivity index (χ3n) is 3.40. The molecule has 6 heteroatoms. The number of hydrogen-bond donors (Lipinski definition) is 1. The number of nitrogens with zero attached hydrogens (tertiary/aromatic N) is 1. The Morgan fingerprint density at radius 2 is 1.68 bits per heavy atom. The number of amides is 2. The summed E-state index contributed by atoms with van der Waals surface area (Å²) in [6.45, 7) is 5.96. The molecule has 0 bridgehead atoms. The fourth-order valence-electron chi connectivity index (χ4n) is 2.38. The fourth-order valence-corrected chi connectivity index (χ4v) is 2.38. The molecule has 1 aliphatic rings. The number of nitrogens with one attached hydrogen (secondary N) is 1. The lowest BCUT2D eigenvalue weighted by Gasteiger charge is -2.42. The zero-order valence-electron chi connectivity index (χ0n) is 12.0. The molecular weight excluding hydrogens is 248 g/mol. The lowest BCUT2D eigenvalue weighted by molar-refractivity contribution is 0.00721. The summed E-state index contributed by atoms with van der Waals surface area (Å²) in [6.07, 6.45) is 3.78. The monoisotopic (exact) mass is 272 g/mol. The van der Waals surface area contributed by atoms with Crippen LogP contribution in [0.2, 0.25) is 0 Å². The summed E-state index contributed by atoms with van der Waals surface area (Å²) in [5, 5.41) is 1.30. The van der Waals surface area contributed by atoms with Crippen molar-refractivity contribution in [3.8, 4) is 0 Å². The van der Waals surface area contributed by atoms with E-state index in [9.17, 15) is 9.59 Å². The molecule has 1 saturated carbocycles. The molecule has 2 amide bonds. The highest BCUT2D eigenvalue weighted by molar-refractivity contribution is 5.74. The molecule has 0 atom stereocenters. The first kappa shape index (κ1) is 15.6. The van der Waals surface area contributed by atoms with Gasteiger partial charge in [-0.15, -0.1) is 0 Å². The maximum atomic E-state index is 12.0. The van der Waals surface area contributed by atoms with Gasteiger partial charge < -0.3 is 9.47 Å². The molecule has 0 heterocycles. The number of hydrazine groups is 1. The lowest BCUT2D eigenvalue weighted by Crippen LogP contribution is -2.59. The van der Waals surface area contributed by atoms with Crippen molar-refractivity contribution in [2.45, 2.75) is 58.4 Å². The molecule has 1 N–H and O–H groups in total. The van der Waals surface area contributed by atoms with Gasteiger partial charge in [0.2, 0.25) is 0 Å². The quantitative estimate of drug-likeness (QED) is 0.802. The number of hydrogen-bond acceptors (Lipinski definition) is 4. The molecule has 0 saturated heterocycles. The van der Waals surface area contributed by atoms with Crippen LogP contribution in [0, 0.1) is 0 Å². The van der Waals surface area contributed by atoms with Crippen LogP contribution in [0.4, 0.5) is 9.59 Å². The van der Waals surface area contributed by atoms with Gasteiger partial charge in [0, 0.05) is 0 Å². The van der Waals surface area contributed by atoms with Crippen LogP contribution < -0.4 is 5.43 Å². The Bertz CT molecular complexity index is 314. The third-order valence-corrected chi connectivity index (χ3v) is 3.40. The molecule has 1 fully saturated rings. The first-order valence-corrected chi connectivity index (χ1v) is 6.94. The summed E-state index contributed by atoms with van der Waals surface area (Å²) in [7, 11) is 0. The average Bonchev–Trinajstić information content (AvgIpc) is 2.37. The zero-order chi connectivity index (χ0) is 14.3. The van der Waals surface area contributed by atoms with Crippen molar-refractivity contribution in [1.82, 2.24) is 10.4 Å². The first-order valence-electron chi connectivity index (χ1n) is 6.94. The second-order valence-electron chi connectivity index (χ2n) is 4.92. The van der Waals surface area contributed by atoms with Crippen molar-refractivity contribution in [2.75, 3.05) is 13.2 Å². The van der Waals surface area contributed by atoms with Crippen molar-refractivity contribution >= 4 is 12.2 Å². The van der Waals surface area contributed by atoms with Gasteiger partial charge >= 0.3 is 12.2 Å². The summed E-state index contributed by atoms with van der Waals surface area (Å²) in [5.41, 5.74) is 2.10. The van der Waals surface area contributed by atoms with Crippen LogP contribution in [0.25, 0.3) is 0 Å². The molecule has 0 aliphatic heterocycles. The SMILES string of the molecule is CCOC(=O)NN(C(=O)OCC)C1(C)CCCCC1. The summed E-state index contributed by atoms with van der Waals surface area (Å²) in [5.74, 6) is 0. The zero-order valence-corrected chi connectivity index (χ0v) is 12.0. The highest BCUT2D eigenvalue weighted by Gasteiger charge is 2.39. The average molecular weight is 272 g/mol. The lowest BCUT2D eigenvalue weighted by atomic mass is 9.83. The second kappa shape index (κ2) is 7.21. The largest absolute Gasteiger partial charge is 0.449 e. The van der Waals surface area contributed by atoms with Crippen LogP contribution in [-0.2, 0) is 9.47 Å². The Morgan fingerprint density at radius 3 is 2.21 bits per heavy atom. The van der Waals surface area contributed by atoms with Crippen LogP contribution in [0.15, 0.2) is 0 Å². The fraction of sp³-hybridized carbons (Fsp3) is 0.846. The molecule has 6 nitrogen and oxygen atoms in total. The Kier molecular flexibility index (Phi) is 5.92. The predicted molar refractivity (Wildman–Crippen MR) is 70.5 cm³/mol. The Labute approximate surface area is 114 Å². The molecule has 0 radical (unpaired) electrons. The molecule has 110 valence electrons. The van der Waals surface area contributed by atoms with E-state index in [0.717, 1.165) is 32.1 Å². The number of carbonyl (C=O) groups excluding carboxylic acids is 2. The van der Waals surface area contributed by atoms with Crippen LogP contribution in [0.5, 0.6) is 0 Å². The van der Waals surface area contributed by atoms with Gasteiger partial charge in [-0.1, -0.05) is 19.3 Å². The minimum Gasteiger partial charge on any atom is -0.449 e. The van der Waals surface area contributed by atoms with Gasteiger partial charge in [-0.3, -0.25) is 0 Å². The maximum absolute atomic E-state index is 12.0. The van der Waals surface area contributed by atoms with E-state index in [4.69, 9.17) is 9.47 Å². The highest BCUT2D eigenvalue weighted by Crippen LogP contribution is 2.32. The molecule has 0 spiro atoms. The van der Waals surface area contributed by atoms with Crippen molar-refractivity contribution in [2.24, 2.45) is 0 Å². The van der Waals surface area contributed by atoms with Crippen LogP contribution in [-0.4, -0.2) is 35.9 Å². The van der Waals surface area contributed by atoms with Crippen molar-refractivity contribution in [3.05, 3.63) is 0 Å². The summed E-state index contributed by atoms with van der Waals surface area (Å²) < 4.78 is 9.86. The molecule has 0 aromatic rings. The van der Waals surface area contributed by atoms with Gasteiger partial charge in [0.25, 0.3) is 0 Å². The van der Waals surface area contributed by atoms with Crippen molar-refractivity contribution < 1.29 is 19.1 Å². The Morgan fingerprint density at radius 1 is 1.11 bits per heavy atom. The van der Waals surface area contributed by atoms with Gasteiger partial charge in [0.15, 0.2) is 0 Å². The molecule has 0 aromatic carbocycles. The van der Waals surface area contributed by atoms with E-state index in [-0.39, 0.29) is 13.2 Å². The molecule has 1 rings (SSSR count). The first-order chi connectivity index (χ1) is 9.03. The number of rotatable bonds is 3. The minimum absolute atomic E-state index is 0.263. The standard InChI is InChI=1S/C13H24N2O4/c1-4-18-11(16)14-15(12(17)19-5-2)13(3)9-7-6-8-10-13/h4-10H2,1-3H3,(H,14,16). The smallest absolute Gasteiger partial charge is 0.429 e. The van der Waals surface area contributed by atoms with Gasteiger partial charge in [0.1, 0.15) is 0 Å². The summed E-state index contributed by atoms with van der Waals surface area (Å²) in [4.78, 5) is 23.6. The maximum Gasteiger partial charge on any atom is 0.429 e. The molecule has 0 unspecified atom stereocenters. The van der Waals surface area contributed by atoms with E-state index in [0.29, 0.717) is 0 Å². The molecule has 19 heavy (non-hydrogen) atoms. The minimum atomic E-state index is -0.623. The van der Waals surface area contributed by atoms with Crippen LogP contribution in [0.3, 0.4) is 0 Å². The van der Waals surface area contributed by atoms with E-state index < -0.39 is 17.7 Å². The van der Waals surface area contributed by atoms with Gasteiger partial charge in [-0.05, 0) is 33.6 Å². The van der Waals surface area contributed by atoms with Crippen LogP contribution >= 0.6 is 0 Å². The molecular formula is C13H24N2O4. The Hall–Kier alpha value is -1.46. The molecule has 0 aromatic heterocycles. The topological polar surface area (TPSA) is 67.9 Å². The number of ether oxygens (including phenoxy) is 2. The van der Waals surface area contributed by atoms with E-state index in [1.807, 2.05) is 6.92 Å². The summed E-state index contributed by atoms with van der Waals surface area (Å²) >= 11 is 0. The van der Waals surface area contributed by atoms with Gasteiger partial charge in [0.05, 0.1) is 18.8 Å². The predicted octanol–water partition coefficient (Wildman–Crippen LogP) is 2.83. The van der Waals surface area contributed by atoms with Crippen LogP contribution in [0.1, 0.15) is 52.9 Å². The van der Waals surface area contributed by atoms with E-state index in [1.165, 1.54) is 5.01 Å². The van der Waals surface area contributed by atoms with E-state index in [2.05, 4.69) is 5.43 Å². The Balaban J connectivity index is 2.78. The van der Waals surface area contributed by atoms with Gasteiger partial charge in [-0.25, -0.2) is 20.0 Å².